The fourth-order valence-electron chi connectivity index (χ4n) is 4.16. The van der Waals surface area contributed by atoms with Crippen LogP contribution in [0.5, 0.6) is 0 Å². The summed E-state index contributed by atoms with van der Waals surface area (Å²) in [4.78, 5) is 20.5. The molecule has 2 aromatic rings. The summed E-state index contributed by atoms with van der Waals surface area (Å²) in [5.41, 5.74) is 5.48. The predicted molar refractivity (Wildman–Crippen MR) is 116 cm³/mol. The molecule has 1 aromatic heterocycles. The van der Waals surface area contributed by atoms with Crippen molar-refractivity contribution in [3.63, 3.8) is 0 Å². The summed E-state index contributed by atoms with van der Waals surface area (Å²) < 4.78 is 53.5. The van der Waals surface area contributed by atoms with Crippen molar-refractivity contribution in [2.45, 2.75) is 31.3 Å². The number of hydrogen-bond acceptors (Lipinski definition) is 6. The average molecular weight is 474 g/mol. The van der Waals surface area contributed by atoms with Crippen molar-refractivity contribution in [2.75, 3.05) is 20.1 Å². The molecule has 0 radical (unpaired) electrons. The minimum Gasteiger partial charge on any atom is -0.352 e. The molecule has 3 N–H and O–H groups in total. The minimum absolute atomic E-state index is 0.0535. The summed E-state index contributed by atoms with van der Waals surface area (Å²) in [6.45, 7) is 1.26. The molecule has 0 saturated carbocycles. The lowest BCUT2D eigenvalue weighted by atomic mass is 9.96. The molecular formula is C23H22F4N6O. The van der Waals surface area contributed by atoms with Gasteiger partial charge in [0.05, 0.1) is 16.8 Å². The van der Waals surface area contributed by atoms with E-state index in [1.165, 1.54) is 23.1 Å². The molecular weight excluding hydrogens is 452 g/mol. The van der Waals surface area contributed by atoms with Gasteiger partial charge >= 0.3 is 6.18 Å². The van der Waals surface area contributed by atoms with Gasteiger partial charge in [-0.3, -0.25) is 14.7 Å². The lowest BCUT2D eigenvalue weighted by Crippen LogP contribution is -2.61. The van der Waals surface area contributed by atoms with Crippen LogP contribution in [0.15, 0.2) is 36.5 Å². The maximum absolute atomic E-state index is 14.5. The number of alkyl halides is 3. The van der Waals surface area contributed by atoms with Crippen LogP contribution in [0.25, 0.3) is 11.3 Å². The number of nitrogens with zero attached hydrogens (tertiary/aromatic N) is 4. The third-order valence-electron chi connectivity index (χ3n) is 6.07. The van der Waals surface area contributed by atoms with Crippen LogP contribution < -0.4 is 11.1 Å². The number of halogens is 4. The van der Waals surface area contributed by atoms with Crippen molar-refractivity contribution < 1.29 is 22.4 Å². The number of benzene rings is 1. The SMILES string of the molecule is CN1C(=O)C(c2ccc(C(F)(F)F)nc2)=C(c2ccc(C#N)c(F)c2)NC1N1CCC(N)CC1. The van der Waals surface area contributed by atoms with Crippen LogP contribution >= 0.6 is 0 Å². The number of hydrogen-bond donors (Lipinski definition) is 2. The first-order valence-electron chi connectivity index (χ1n) is 10.6. The molecule has 7 nitrogen and oxygen atoms in total. The average Bonchev–Trinajstić information content (AvgIpc) is 2.81. The highest BCUT2D eigenvalue weighted by molar-refractivity contribution is 6.27. The number of nitrogens with two attached hydrogens (primary N) is 1. The number of pyridine rings is 1. The maximum atomic E-state index is 14.5. The number of nitrogens with one attached hydrogen (secondary N) is 1. The lowest BCUT2D eigenvalue weighted by Gasteiger charge is -2.45. The van der Waals surface area contributed by atoms with Gasteiger partial charge in [-0.2, -0.15) is 18.4 Å². The number of likely N-dealkylation sites (tertiary alicyclic amines) is 1. The first-order valence-corrected chi connectivity index (χ1v) is 10.6. The van der Waals surface area contributed by atoms with E-state index in [9.17, 15) is 22.4 Å². The highest BCUT2D eigenvalue weighted by Crippen LogP contribution is 2.34. The van der Waals surface area contributed by atoms with Crippen molar-refractivity contribution >= 4 is 17.2 Å². The van der Waals surface area contributed by atoms with Crippen LogP contribution in [0.2, 0.25) is 0 Å². The smallest absolute Gasteiger partial charge is 0.352 e. The number of rotatable bonds is 3. The molecule has 0 bridgehead atoms. The van der Waals surface area contributed by atoms with Crippen molar-refractivity contribution in [2.24, 2.45) is 5.73 Å². The highest BCUT2D eigenvalue weighted by atomic mass is 19.4. The van der Waals surface area contributed by atoms with E-state index < -0.39 is 29.9 Å². The van der Waals surface area contributed by atoms with Crippen LogP contribution in [0, 0.1) is 17.1 Å². The first kappa shape index (κ1) is 23.7. The highest BCUT2D eigenvalue weighted by Gasteiger charge is 2.38. The van der Waals surface area contributed by atoms with Crippen molar-refractivity contribution in [3.05, 3.63) is 64.7 Å². The van der Waals surface area contributed by atoms with Crippen LogP contribution in [0.4, 0.5) is 17.6 Å². The van der Waals surface area contributed by atoms with Gasteiger partial charge in [0.2, 0.25) is 0 Å². The molecule has 34 heavy (non-hydrogen) atoms. The lowest BCUT2D eigenvalue weighted by molar-refractivity contribution is -0.141. The topological polar surface area (TPSA) is 98.3 Å². The summed E-state index contributed by atoms with van der Waals surface area (Å²) >= 11 is 0. The van der Waals surface area contributed by atoms with Gasteiger partial charge in [0.1, 0.15) is 17.6 Å². The summed E-state index contributed by atoms with van der Waals surface area (Å²) in [5.74, 6) is -1.23. The molecule has 4 rings (SSSR count). The Hall–Kier alpha value is -3.49. The summed E-state index contributed by atoms with van der Waals surface area (Å²) in [6.07, 6.45) is -2.75. The van der Waals surface area contributed by atoms with E-state index in [1.54, 1.807) is 13.1 Å². The Balaban J connectivity index is 1.82. The van der Waals surface area contributed by atoms with E-state index in [0.29, 0.717) is 13.1 Å². The van der Waals surface area contributed by atoms with Gasteiger partial charge < -0.3 is 16.0 Å². The predicted octanol–water partition coefficient (Wildman–Crippen LogP) is 2.75. The number of carbonyl (C=O) groups is 1. The Bertz CT molecular complexity index is 1160. The van der Waals surface area contributed by atoms with Crippen LogP contribution in [0.1, 0.15) is 35.2 Å². The van der Waals surface area contributed by atoms with E-state index in [0.717, 1.165) is 31.2 Å². The quantitative estimate of drug-likeness (QED) is 0.664. The second-order valence-electron chi connectivity index (χ2n) is 8.29. The molecule has 2 aliphatic rings. The zero-order valence-electron chi connectivity index (χ0n) is 18.2. The molecule has 2 aliphatic heterocycles. The molecule has 11 heteroatoms. The summed E-state index contributed by atoms with van der Waals surface area (Å²) in [7, 11) is 1.59. The number of aromatic nitrogens is 1. The Morgan fingerprint density at radius 3 is 2.41 bits per heavy atom. The number of nitriles is 1. The molecule has 1 amide bonds. The van der Waals surface area contributed by atoms with E-state index in [-0.39, 0.29) is 34.0 Å². The monoisotopic (exact) mass is 474 g/mol. The van der Waals surface area contributed by atoms with Crippen molar-refractivity contribution in [1.29, 1.82) is 5.26 Å². The van der Waals surface area contributed by atoms with Gasteiger partial charge in [-0.1, -0.05) is 12.1 Å². The molecule has 0 aliphatic carbocycles. The van der Waals surface area contributed by atoms with Crippen LogP contribution in [-0.4, -0.2) is 53.2 Å². The summed E-state index contributed by atoms with van der Waals surface area (Å²) in [5, 5.41) is 12.3. The molecule has 1 unspecified atom stereocenters. The molecule has 1 aromatic carbocycles. The van der Waals surface area contributed by atoms with Gasteiger partial charge in [-0.25, -0.2) is 4.39 Å². The van der Waals surface area contributed by atoms with Gasteiger partial charge in [-0.05, 0) is 31.0 Å². The number of carbonyl (C=O) groups excluding carboxylic acids is 1. The minimum atomic E-state index is -4.63. The molecule has 1 fully saturated rings. The van der Waals surface area contributed by atoms with E-state index in [1.807, 2.05) is 4.90 Å². The molecule has 1 atom stereocenters. The zero-order valence-corrected chi connectivity index (χ0v) is 18.2. The van der Waals surface area contributed by atoms with E-state index in [2.05, 4.69) is 10.3 Å². The Morgan fingerprint density at radius 1 is 1.18 bits per heavy atom. The largest absolute Gasteiger partial charge is 0.433 e. The van der Waals surface area contributed by atoms with Crippen molar-refractivity contribution in [1.82, 2.24) is 20.1 Å². The third-order valence-corrected chi connectivity index (χ3v) is 6.07. The van der Waals surface area contributed by atoms with Gasteiger partial charge in [-0.15, -0.1) is 0 Å². The first-order chi connectivity index (χ1) is 16.1. The fourth-order valence-corrected chi connectivity index (χ4v) is 4.16. The van der Waals surface area contributed by atoms with Gasteiger partial charge in [0, 0.05) is 43.5 Å². The van der Waals surface area contributed by atoms with Crippen LogP contribution in [-0.2, 0) is 11.0 Å². The number of likely N-dealkylation sites (N-methyl/N-ethyl adjacent to an activating group) is 1. The number of piperidine rings is 1. The standard InChI is InChI=1S/C23H22F4N6O/c1-32-21(34)19(15-4-5-18(30-12-15)23(25,26)27)20(13-2-3-14(11-28)17(24)10-13)31-22(32)33-8-6-16(29)7-9-33/h2-5,10,12,16,22,31H,6-9,29H2,1H3. The van der Waals surface area contributed by atoms with Crippen molar-refractivity contribution in [3.8, 4) is 6.07 Å². The Kier molecular flexibility index (Phi) is 6.29. The molecule has 3 heterocycles. The van der Waals surface area contributed by atoms with Gasteiger partial charge in [0.15, 0.2) is 6.29 Å². The van der Waals surface area contributed by atoms with Crippen LogP contribution in [0.3, 0.4) is 0 Å². The summed E-state index contributed by atoms with van der Waals surface area (Å²) in [6, 6.07) is 7.68. The zero-order chi connectivity index (χ0) is 24.6. The second kappa shape index (κ2) is 9.04. The van der Waals surface area contributed by atoms with E-state index in [4.69, 9.17) is 11.0 Å². The Morgan fingerprint density at radius 2 is 1.85 bits per heavy atom. The second-order valence-corrected chi connectivity index (χ2v) is 8.29. The number of amides is 1. The molecule has 0 spiro atoms. The Labute approximate surface area is 193 Å². The van der Waals surface area contributed by atoms with E-state index >= 15 is 0 Å². The molecule has 178 valence electrons. The normalized spacial score (nSPS) is 20.3. The fraction of sp³-hybridized carbons (Fsp3) is 0.348. The third kappa shape index (κ3) is 4.47. The van der Waals surface area contributed by atoms with Gasteiger partial charge in [0.25, 0.3) is 5.91 Å². The molecule has 1 saturated heterocycles. The maximum Gasteiger partial charge on any atom is 0.433 e.